The van der Waals surface area contributed by atoms with Gasteiger partial charge < -0.3 is 0 Å². The van der Waals surface area contributed by atoms with E-state index in [1.807, 2.05) is 6.92 Å². The van der Waals surface area contributed by atoms with E-state index in [2.05, 4.69) is 25.8 Å². The van der Waals surface area contributed by atoms with Gasteiger partial charge in [-0.25, -0.2) is 4.98 Å². The summed E-state index contributed by atoms with van der Waals surface area (Å²) in [6.45, 7) is 1.84. The van der Waals surface area contributed by atoms with E-state index in [1.165, 1.54) is 22.7 Å². The highest BCUT2D eigenvalue weighted by Crippen LogP contribution is 2.37. The van der Waals surface area contributed by atoms with Crippen molar-refractivity contribution in [3.63, 3.8) is 0 Å². The number of nitrogens with one attached hydrogen (secondary N) is 2. The molecule has 0 spiro atoms. The molecule has 1 aliphatic carbocycles. The quantitative estimate of drug-likeness (QED) is 0.640. The first-order valence-corrected chi connectivity index (χ1v) is 10.7. The Morgan fingerprint density at radius 3 is 2.61 bits per heavy atom. The van der Waals surface area contributed by atoms with Gasteiger partial charge in [0.25, 0.3) is 5.91 Å². The maximum absolute atomic E-state index is 12.7. The molecular weight excluding hydrogens is 418 g/mol. The van der Waals surface area contributed by atoms with Gasteiger partial charge in [-0.2, -0.15) is 0 Å². The molecule has 10 heteroatoms. The van der Waals surface area contributed by atoms with Gasteiger partial charge in [0.15, 0.2) is 5.13 Å². The molecule has 1 unspecified atom stereocenters. The molecule has 0 bridgehead atoms. The van der Waals surface area contributed by atoms with Gasteiger partial charge >= 0.3 is 0 Å². The third kappa shape index (κ3) is 4.06. The van der Waals surface area contributed by atoms with Gasteiger partial charge in [-0.15, -0.1) is 21.5 Å². The Kier molecular flexibility index (Phi) is 5.38. The highest BCUT2D eigenvalue weighted by Gasteiger charge is 2.31. The Hall–Kier alpha value is -2.36. The lowest BCUT2D eigenvalue weighted by atomic mass is 9.90. The van der Waals surface area contributed by atoms with Crippen LogP contribution < -0.4 is 10.6 Å². The van der Waals surface area contributed by atoms with Crippen molar-refractivity contribution in [2.45, 2.75) is 32.1 Å². The van der Waals surface area contributed by atoms with Gasteiger partial charge in [0, 0.05) is 15.5 Å². The minimum absolute atomic E-state index is 0.141. The van der Waals surface area contributed by atoms with E-state index in [0.717, 1.165) is 28.4 Å². The summed E-state index contributed by atoms with van der Waals surface area (Å²) in [5, 5.41) is 15.8. The normalized spacial score (nSPS) is 15.7. The second kappa shape index (κ2) is 7.94. The highest BCUT2D eigenvalue weighted by molar-refractivity contribution is 7.16. The standard InChI is InChI=1S/C18H16ClN5O2S2/c1-9-23-24-18(27-9)22-16(26)12-3-2-4-13-14(12)20-17(28-13)21-15(25)10-5-7-11(19)8-6-10/h5-8,12H,2-4H2,1H3,(H,20,21,25)(H,22,24,26). The number of carbonyl (C=O) groups excluding carboxylic acids is 2. The number of aromatic nitrogens is 3. The molecule has 2 heterocycles. The Balaban J connectivity index is 1.50. The Morgan fingerprint density at radius 2 is 1.89 bits per heavy atom. The molecule has 2 aromatic heterocycles. The largest absolute Gasteiger partial charge is 0.300 e. The number of fused-ring (bicyclic) bond motifs is 1. The number of thiazole rings is 1. The summed E-state index contributed by atoms with van der Waals surface area (Å²) in [6.07, 6.45) is 2.46. The minimum atomic E-state index is -0.356. The molecule has 0 saturated carbocycles. The van der Waals surface area contributed by atoms with Crippen molar-refractivity contribution in [2.75, 3.05) is 10.6 Å². The second-order valence-electron chi connectivity index (χ2n) is 6.35. The summed E-state index contributed by atoms with van der Waals surface area (Å²) in [5.41, 5.74) is 1.24. The first-order valence-electron chi connectivity index (χ1n) is 8.67. The molecule has 0 fully saturated rings. The number of aryl methyl sites for hydroxylation is 2. The van der Waals surface area contributed by atoms with Crippen LogP contribution in [0.4, 0.5) is 10.3 Å². The van der Waals surface area contributed by atoms with Gasteiger partial charge in [-0.1, -0.05) is 22.9 Å². The van der Waals surface area contributed by atoms with E-state index in [1.54, 1.807) is 24.3 Å². The number of rotatable bonds is 4. The number of anilines is 2. The average molecular weight is 434 g/mol. The zero-order valence-corrected chi connectivity index (χ0v) is 17.2. The number of benzene rings is 1. The zero-order valence-electron chi connectivity index (χ0n) is 14.9. The number of hydrogen-bond donors (Lipinski definition) is 2. The Bertz CT molecular complexity index is 1030. The molecule has 2 amide bonds. The zero-order chi connectivity index (χ0) is 19.7. The first-order chi connectivity index (χ1) is 13.5. The molecule has 1 aliphatic rings. The van der Waals surface area contributed by atoms with Crippen LogP contribution in [-0.2, 0) is 11.2 Å². The molecule has 4 rings (SSSR count). The fourth-order valence-electron chi connectivity index (χ4n) is 3.04. The van der Waals surface area contributed by atoms with Gasteiger partial charge in [0.1, 0.15) is 5.01 Å². The molecule has 3 aromatic rings. The van der Waals surface area contributed by atoms with E-state index < -0.39 is 0 Å². The van der Waals surface area contributed by atoms with Crippen LogP contribution in [0.15, 0.2) is 24.3 Å². The summed E-state index contributed by atoms with van der Waals surface area (Å²) in [4.78, 5) is 30.7. The predicted octanol–water partition coefficient (Wildman–Crippen LogP) is 4.27. The number of hydrogen-bond acceptors (Lipinski definition) is 7. The predicted molar refractivity (Wildman–Crippen MR) is 110 cm³/mol. The summed E-state index contributed by atoms with van der Waals surface area (Å²) in [6, 6.07) is 6.65. The van der Waals surface area contributed by atoms with Gasteiger partial charge in [0.05, 0.1) is 11.6 Å². The fourth-order valence-corrected chi connectivity index (χ4v) is 4.82. The molecule has 0 saturated heterocycles. The van der Waals surface area contributed by atoms with Crippen LogP contribution in [0.3, 0.4) is 0 Å². The van der Waals surface area contributed by atoms with Crippen LogP contribution in [0.5, 0.6) is 0 Å². The van der Waals surface area contributed by atoms with E-state index >= 15 is 0 Å². The summed E-state index contributed by atoms with van der Waals surface area (Å²) < 4.78 is 0. The summed E-state index contributed by atoms with van der Waals surface area (Å²) in [5.74, 6) is -0.753. The molecule has 0 radical (unpaired) electrons. The molecule has 0 aliphatic heterocycles. The third-order valence-corrected chi connectivity index (χ3v) is 6.41. The fraction of sp³-hybridized carbons (Fsp3) is 0.278. The van der Waals surface area contributed by atoms with Crippen molar-refractivity contribution in [2.24, 2.45) is 0 Å². The van der Waals surface area contributed by atoms with Crippen LogP contribution in [0, 0.1) is 6.92 Å². The Labute approximate surface area is 174 Å². The SMILES string of the molecule is Cc1nnc(NC(=O)C2CCCc3sc(NC(=O)c4ccc(Cl)cc4)nc32)s1. The van der Waals surface area contributed by atoms with Crippen molar-refractivity contribution in [1.29, 1.82) is 0 Å². The highest BCUT2D eigenvalue weighted by atomic mass is 35.5. The number of halogens is 1. The summed E-state index contributed by atoms with van der Waals surface area (Å²) in [7, 11) is 0. The van der Waals surface area contributed by atoms with Crippen molar-refractivity contribution in [3.05, 3.63) is 50.4 Å². The van der Waals surface area contributed by atoms with E-state index in [9.17, 15) is 9.59 Å². The smallest absolute Gasteiger partial charge is 0.257 e. The van der Waals surface area contributed by atoms with Gasteiger partial charge in [-0.05, 0) is 50.5 Å². The summed E-state index contributed by atoms with van der Waals surface area (Å²) >= 11 is 8.62. The molecule has 2 N–H and O–H groups in total. The maximum Gasteiger partial charge on any atom is 0.257 e. The van der Waals surface area contributed by atoms with Crippen LogP contribution >= 0.6 is 34.3 Å². The maximum atomic E-state index is 12.7. The van der Waals surface area contributed by atoms with Crippen LogP contribution in [0.25, 0.3) is 0 Å². The van der Waals surface area contributed by atoms with Gasteiger partial charge in [0.2, 0.25) is 11.0 Å². The topological polar surface area (TPSA) is 96.9 Å². The molecule has 28 heavy (non-hydrogen) atoms. The molecular formula is C18H16ClN5O2S2. The minimum Gasteiger partial charge on any atom is -0.300 e. The van der Waals surface area contributed by atoms with E-state index in [0.29, 0.717) is 27.3 Å². The van der Waals surface area contributed by atoms with Crippen molar-refractivity contribution < 1.29 is 9.59 Å². The number of carbonyl (C=O) groups is 2. The van der Waals surface area contributed by atoms with Crippen molar-refractivity contribution in [3.8, 4) is 0 Å². The lowest BCUT2D eigenvalue weighted by Gasteiger charge is -2.19. The molecule has 1 atom stereocenters. The Morgan fingerprint density at radius 1 is 1.11 bits per heavy atom. The van der Waals surface area contributed by atoms with Crippen LogP contribution in [0.2, 0.25) is 5.02 Å². The van der Waals surface area contributed by atoms with Crippen molar-refractivity contribution >= 4 is 56.4 Å². The molecule has 1 aromatic carbocycles. The van der Waals surface area contributed by atoms with E-state index in [4.69, 9.17) is 11.6 Å². The lowest BCUT2D eigenvalue weighted by molar-refractivity contribution is -0.117. The van der Waals surface area contributed by atoms with Crippen molar-refractivity contribution in [1.82, 2.24) is 15.2 Å². The van der Waals surface area contributed by atoms with E-state index in [-0.39, 0.29) is 17.7 Å². The monoisotopic (exact) mass is 433 g/mol. The van der Waals surface area contributed by atoms with Crippen LogP contribution in [0.1, 0.15) is 44.7 Å². The molecule has 7 nitrogen and oxygen atoms in total. The average Bonchev–Trinajstić information content (AvgIpc) is 3.27. The lowest BCUT2D eigenvalue weighted by Crippen LogP contribution is -2.24. The number of nitrogens with zero attached hydrogens (tertiary/aromatic N) is 3. The molecule has 144 valence electrons. The van der Waals surface area contributed by atoms with Crippen LogP contribution in [-0.4, -0.2) is 27.0 Å². The van der Waals surface area contributed by atoms with Gasteiger partial charge in [-0.3, -0.25) is 20.2 Å². The third-order valence-electron chi connectivity index (χ3n) is 4.35. The first kappa shape index (κ1) is 19.0. The second-order valence-corrected chi connectivity index (χ2v) is 9.05. The number of amides is 2.